The Balaban J connectivity index is 2.31. The summed E-state index contributed by atoms with van der Waals surface area (Å²) in [6.45, 7) is 0.322. The van der Waals surface area contributed by atoms with E-state index in [0.29, 0.717) is 22.7 Å². The van der Waals surface area contributed by atoms with E-state index in [-0.39, 0.29) is 5.82 Å². The van der Waals surface area contributed by atoms with Gasteiger partial charge in [-0.25, -0.2) is 9.37 Å². The highest BCUT2D eigenvalue weighted by Gasteiger charge is 2.08. The third kappa shape index (κ3) is 2.31. The van der Waals surface area contributed by atoms with Crippen molar-refractivity contribution in [2.45, 2.75) is 6.61 Å². The molecule has 16 heavy (non-hydrogen) atoms. The number of hydrogen-bond donors (Lipinski definition) is 0. The maximum absolute atomic E-state index is 13.0. The largest absolute Gasteiger partial charge is 0.446 e. The Morgan fingerprint density at radius 3 is 3.00 bits per heavy atom. The number of hydrogen-bond acceptors (Lipinski definition) is 3. The average Bonchev–Trinajstić information content (AvgIpc) is 2.71. The maximum atomic E-state index is 13.0. The van der Waals surface area contributed by atoms with Crippen LogP contribution in [-0.4, -0.2) is 12.1 Å². The van der Waals surface area contributed by atoms with Gasteiger partial charge in [0.15, 0.2) is 0 Å². The van der Waals surface area contributed by atoms with Crippen molar-refractivity contribution in [3.63, 3.8) is 0 Å². The first-order valence-electron chi connectivity index (χ1n) is 4.59. The van der Waals surface area contributed by atoms with Gasteiger partial charge in [-0.05, 0) is 34.1 Å². The fourth-order valence-electron chi connectivity index (χ4n) is 1.29. The third-order valence-corrected chi connectivity index (χ3v) is 2.64. The number of oxazole rings is 1. The second kappa shape index (κ2) is 4.76. The number of rotatable bonds is 3. The zero-order valence-electron chi connectivity index (χ0n) is 8.54. The van der Waals surface area contributed by atoms with Crippen molar-refractivity contribution in [3.05, 3.63) is 40.6 Å². The molecule has 0 fully saturated rings. The molecule has 0 saturated heterocycles. The lowest BCUT2D eigenvalue weighted by Gasteiger charge is -1.97. The quantitative estimate of drug-likeness (QED) is 0.867. The highest BCUT2D eigenvalue weighted by atomic mass is 79.9. The van der Waals surface area contributed by atoms with Crippen LogP contribution in [0.5, 0.6) is 0 Å². The first kappa shape index (κ1) is 11.3. The fraction of sp³-hybridized carbons (Fsp3) is 0.182. The van der Waals surface area contributed by atoms with Gasteiger partial charge < -0.3 is 9.15 Å². The number of aromatic nitrogens is 1. The summed E-state index contributed by atoms with van der Waals surface area (Å²) in [4.78, 5) is 4.21. The lowest BCUT2D eigenvalue weighted by molar-refractivity contribution is 0.159. The van der Waals surface area contributed by atoms with Crippen LogP contribution in [0, 0.1) is 5.82 Å². The van der Waals surface area contributed by atoms with Crippen LogP contribution in [0.1, 0.15) is 5.89 Å². The molecule has 1 aromatic heterocycles. The van der Waals surface area contributed by atoms with E-state index >= 15 is 0 Å². The van der Waals surface area contributed by atoms with Gasteiger partial charge in [-0.1, -0.05) is 0 Å². The van der Waals surface area contributed by atoms with E-state index in [1.54, 1.807) is 19.2 Å². The molecule has 0 spiro atoms. The Morgan fingerprint density at radius 1 is 1.50 bits per heavy atom. The molecule has 0 unspecified atom stereocenters. The monoisotopic (exact) mass is 285 g/mol. The molecule has 3 nitrogen and oxygen atoms in total. The maximum Gasteiger partial charge on any atom is 0.220 e. The molecule has 1 heterocycles. The van der Waals surface area contributed by atoms with Crippen LogP contribution in [0.25, 0.3) is 11.3 Å². The van der Waals surface area contributed by atoms with E-state index in [1.807, 2.05) is 0 Å². The standard InChI is InChI=1S/C11H9BrFNO2/c1-15-6-11-14-10(5-16-11)7-2-3-9(13)8(12)4-7/h2-5H,6H2,1H3. The van der Waals surface area contributed by atoms with Gasteiger partial charge in [-0.2, -0.15) is 0 Å². The van der Waals surface area contributed by atoms with Gasteiger partial charge in [-0.15, -0.1) is 0 Å². The van der Waals surface area contributed by atoms with Crippen molar-refractivity contribution in [2.24, 2.45) is 0 Å². The summed E-state index contributed by atoms with van der Waals surface area (Å²) in [5, 5.41) is 0. The topological polar surface area (TPSA) is 35.3 Å². The molecule has 0 amide bonds. The zero-order valence-corrected chi connectivity index (χ0v) is 10.1. The molecule has 0 radical (unpaired) electrons. The molecule has 0 N–H and O–H groups in total. The summed E-state index contributed by atoms with van der Waals surface area (Å²) in [7, 11) is 1.57. The SMILES string of the molecule is COCc1nc(-c2ccc(F)c(Br)c2)co1. The van der Waals surface area contributed by atoms with Gasteiger partial charge in [-0.3, -0.25) is 0 Å². The Hall–Kier alpha value is -1.20. The summed E-state index contributed by atoms with van der Waals surface area (Å²) in [5.74, 6) is 0.197. The Kier molecular flexibility index (Phi) is 3.36. The van der Waals surface area contributed by atoms with Crippen molar-refractivity contribution in [1.82, 2.24) is 4.98 Å². The number of ether oxygens (including phenoxy) is 1. The van der Waals surface area contributed by atoms with E-state index < -0.39 is 0 Å². The van der Waals surface area contributed by atoms with Crippen LogP contribution < -0.4 is 0 Å². The minimum Gasteiger partial charge on any atom is -0.446 e. The predicted molar refractivity (Wildman–Crippen MR) is 60.3 cm³/mol. The van der Waals surface area contributed by atoms with Crippen molar-refractivity contribution in [2.75, 3.05) is 7.11 Å². The van der Waals surface area contributed by atoms with Gasteiger partial charge in [0, 0.05) is 12.7 Å². The Labute approximate surface area is 100 Å². The molecule has 0 saturated carbocycles. The lowest BCUT2D eigenvalue weighted by atomic mass is 10.2. The summed E-state index contributed by atoms with van der Waals surface area (Å²) in [5.41, 5.74) is 1.45. The van der Waals surface area contributed by atoms with Gasteiger partial charge in [0.05, 0.1) is 4.47 Å². The van der Waals surface area contributed by atoms with Crippen molar-refractivity contribution >= 4 is 15.9 Å². The molecule has 0 aliphatic heterocycles. The summed E-state index contributed by atoms with van der Waals surface area (Å²) < 4.78 is 23.5. The lowest BCUT2D eigenvalue weighted by Crippen LogP contribution is -1.87. The van der Waals surface area contributed by atoms with E-state index in [9.17, 15) is 4.39 Å². The van der Waals surface area contributed by atoms with E-state index in [0.717, 1.165) is 5.56 Å². The van der Waals surface area contributed by atoms with E-state index in [4.69, 9.17) is 9.15 Å². The molecule has 0 aliphatic carbocycles. The van der Waals surface area contributed by atoms with Crippen LogP contribution in [0.3, 0.4) is 0 Å². The van der Waals surface area contributed by atoms with Crippen LogP contribution in [0.2, 0.25) is 0 Å². The van der Waals surface area contributed by atoms with Crippen molar-refractivity contribution in [3.8, 4) is 11.3 Å². The smallest absolute Gasteiger partial charge is 0.220 e. The van der Waals surface area contributed by atoms with Gasteiger partial charge in [0.25, 0.3) is 0 Å². The minimum absolute atomic E-state index is 0.302. The summed E-state index contributed by atoms with van der Waals surface area (Å²) >= 11 is 3.12. The Morgan fingerprint density at radius 2 is 2.31 bits per heavy atom. The molecule has 2 aromatic rings. The molecular weight excluding hydrogens is 277 g/mol. The summed E-state index contributed by atoms with van der Waals surface area (Å²) in [6, 6.07) is 4.68. The molecule has 0 bridgehead atoms. The first-order valence-corrected chi connectivity index (χ1v) is 5.39. The van der Waals surface area contributed by atoms with Gasteiger partial charge >= 0.3 is 0 Å². The highest BCUT2D eigenvalue weighted by Crippen LogP contribution is 2.24. The van der Waals surface area contributed by atoms with E-state index in [1.165, 1.54) is 12.3 Å². The van der Waals surface area contributed by atoms with Gasteiger partial charge in [0.2, 0.25) is 5.89 Å². The van der Waals surface area contributed by atoms with Crippen molar-refractivity contribution in [1.29, 1.82) is 0 Å². The molecule has 84 valence electrons. The van der Waals surface area contributed by atoms with Crippen LogP contribution >= 0.6 is 15.9 Å². The Bertz CT molecular complexity index is 498. The van der Waals surface area contributed by atoms with Crippen LogP contribution in [-0.2, 0) is 11.3 Å². The predicted octanol–water partition coefficient (Wildman–Crippen LogP) is 3.39. The molecular formula is C11H9BrFNO2. The summed E-state index contributed by atoms with van der Waals surface area (Å²) in [6.07, 6.45) is 1.52. The molecule has 1 aromatic carbocycles. The first-order chi connectivity index (χ1) is 7.70. The normalized spacial score (nSPS) is 10.7. The fourth-order valence-corrected chi connectivity index (χ4v) is 1.67. The van der Waals surface area contributed by atoms with E-state index in [2.05, 4.69) is 20.9 Å². The third-order valence-electron chi connectivity index (χ3n) is 2.03. The molecule has 2 rings (SSSR count). The highest BCUT2D eigenvalue weighted by molar-refractivity contribution is 9.10. The van der Waals surface area contributed by atoms with Crippen LogP contribution in [0.15, 0.2) is 33.4 Å². The number of halogens is 2. The molecule has 0 atom stereocenters. The number of benzene rings is 1. The zero-order chi connectivity index (χ0) is 11.5. The molecule has 5 heteroatoms. The van der Waals surface area contributed by atoms with Crippen LogP contribution in [0.4, 0.5) is 4.39 Å². The number of methoxy groups -OCH3 is 1. The second-order valence-electron chi connectivity index (χ2n) is 3.19. The van der Waals surface area contributed by atoms with Crippen molar-refractivity contribution < 1.29 is 13.5 Å². The van der Waals surface area contributed by atoms with Gasteiger partial charge in [0.1, 0.15) is 24.4 Å². The second-order valence-corrected chi connectivity index (χ2v) is 4.04. The average molecular weight is 286 g/mol. The number of nitrogens with zero attached hydrogens (tertiary/aromatic N) is 1. The molecule has 0 aliphatic rings. The minimum atomic E-state index is -0.302.